The Morgan fingerprint density at radius 1 is 1.22 bits per heavy atom. The summed E-state index contributed by atoms with van der Waals surface area (Å²) in [6, 6.07) is 8.74. The summed E-state index contributed by atoms with van der Waals surface area (Å²) in [7, 11) is 0. The fourth-order valence-electron chi connectivity index (χ4n) is 4.59. The first-order valence-corrected chi connectivity index (χ1v) is 10.2. The average Bonchev–Trinajstić information content (AvgIpc) is 3.30. The van der Waals surface area contributed by atoms with Gasteiger partial charge in [0.2, 0.25) is 0 Å². The topological polar surface area (TPSA) is 50.2 Å². The molecular formula is C22H30N4O. The van der Waals surface area contributed by atoms with E-state index >= 15 is 0 Å². The van der Waals surface area contributed by atoms with Gasteiger partial charge in [0.15, 0.2) is 0 Å². The molecule has 1 fully saturated rings. The van der Waals surface area contributed by atoms with Crippen LogP contribution in [0.4, 0.5) is 4.79 Å². The number of hydrogen-bond acceptors (Lipinski definition) is 2. The second-order valence-corrected chi connectivity index (χ2v) is 8.48. The number of carbonyl (C=O) groups excluding carboxylic acids is 1. The smallest absolute Gasteiger partial charge is 0.317 e. The SMILES string of the molecule is CCn1cc(C2CCN(C(=O)NCC3(C)Cc4ccccc4C3)CC2)cn1. The predicted octanol–water partition coefficient (Wildman–Crippen LogP) is 3.60. The molecule has 0 saturated carbocycles. The summed E-state index contributed by atoms with van der Waals surface area (Å²) in [6.07, 6.45) is 8.28. The van der Waals surface area contributed by atoms with Crippen LogP contribution in [-0.2, 0) is 19.4 Å². The standard InChI is InChI=1S/C22H30N4O/c1-3-26-15-20(14-24-26)17-8-10-25(11-9-17)21(27)23-16-22(2)12-18-6-4-5-7-19(18)13-22/h4-7,14-15,17H,3,8-13,16H2,1-2H3,(H,23,27). The highest BCUT2D eigenvalue weighted by Gasteiger charge is 2.33. The van der Waals surface area contributed by atoms with Crippen molar-refractivity contribution >= 4 is 6.03 Å². The van der Waals surface area contributed by atoms with Gasteiger partial charge in [-0.1, -0.05) is 31.2 Å². The molecule has 1 aliphatic heterocycles. The summed E-state index contributed by atoms with van der Waals surface area (Å²) in [4.78, 5) is 14.6. The Morgan fingerprint density at radius 2 is 1.89 bits per heavy atom. The molecule has 5 nitrogen and oxygen atoms in total. The van der Waals surface area contributed by atoms with Crippen molar-refractivity contribution in [2.24, 2.45) is 5.41 Å². The highest BCUT2D eigenvalue weighted by atomic mass is 16.2. The lowest BCUT2D eigenvalue weighted by Gasteiger charge is -2.33. The Morgan fingerprint density at radius 3 is 2.48 bits per heavy atom. The molecule has 1 aromatic heterocycles. The molecule has 2 aromatic rings. The third-order valence-corrected chi connectivity index (χ3v) is 6.25. The van der Waals surface area contributed by atoms with E-state index in [-0.39, 0.29) is 11.4 Å². The molecule has 0 unspecified atom stereocenters. The van der Waals surface area contributed by atoms with Crippen LogP contribution in [0.1, 0.15) is 49.3 Å². The van der Waals surface area contributed by atoms with Gasteiger partial charge in [-0.3, -0.25) is 4.68 Å². The molecule has 2 heterocycles. The van der Waals surface area contributed by atoms with Crippen molar-refractivity contribution in [1.82, 2.24) is 20.0 Å². The van der Waals surface area contributed by atoms with E-state index in [1.54, 1.807) is 0 Å². The van der Waals surface area contributed by atoms with E-state index in [0.29, 0.717) is 5.92 Å². The van der Waals surface area contributed by atoms with Gasteiger partial charge < -0.3 is 10.2 Å². The number of aryl methyl sites for hydroxylation is 1. The number of nitrogens with zero attached hydrogens (tertiary/aromatic N) is 3. The Bertz CT molecular complexity index is 779. The number of likely N-dealkylation sites (tertiary alicyclic amines) is 1. The Labute approximate surface area is 161 Å². The molecule has 1 saturated heterocycles. The largest absolute Gasteiger partial charge is 0.337 e. The van der Waals surface area contributed by atoms with Crippen molar-refractivity contribution in [3.63, 3.8) is 0 Å². The summed E-state index contributed by atoms with van der Waals surface area (Å²) in [5, 5.41) is 7.59. The first-order chi connectivity index (χ1) is 13.1. The second-order valence-electron chi connectivity index (χ2n) is 8.48. The van der Waals surface area contributed by atoms with Crippen LogP contribution in [0.2, 0.25) is 0 Å². The summed E-state index contributed by atoms with van der Waals surface area (Å²) >= 11 is 0. The van der Waals surface area contributed by atoms with Gasteiger partial charge >= 0.3 is 6.03 Å². The van der Waals surface area contributed by atoms with Crippen LogP contribution >= 0.6 is 0 Å². The van der Waals surface area contributed by atoms with Crippen molar-refractivity contribution in [3.8, 4) is 0 Å². The zero-order valence-corrected chi connectivity index (χ0v) is 16.4. The van der Waals surface area contributed by atoms with Gasteiger partial charge in [-0.15, -0.1) is 0 Å². The van der Waals surface area contributed by atoms with Crippen LogP contribution < -0.4 is 5.32 Å². The van der Waals surface area contributed by atoms with E-state index in [9.17, 15) is 4.79 Å². The molecule has 1 aromatic carbocycles. The number of fused-ring (bicyclic) bond motifs is 1. The van der Waals surface area contributed by atoms with Crippen LogP contribution in [0.3, 0.4) is 0 Å². The quantitative estimate of drug-likeness (QED) is 0.899. The fourth-order valence-corrected chi connectivity index (χ4v) is 4.59. The lowest BCUT2D eigenvalue weighted by molar-refractivity contribution is 0.175. The average molecular weight is 367 g/mol. The van der Waals surface area contributed by atoms with Crippen molar-refractivity contribution in [1.29, 1.82) is 0 Å². The number of urea groups is 1. The number of amides is 2. The first kappa shape index (κ1) is 18.1. The van der Waals surface area contributed by atoms with Gasteiger partial charge in [-0.2, -0.15) is 5.10 Å². The maximum absolute atomic E-state index is 12.7. The van der Waals surface area contributed by atoms with Gasteiger partial charge in [0.25, 0.3) is 0 Å². The summed E-state index contributed by atoms with van der Waals surface area (Å²) < 4.78 is 1.98. The van der Waals surface area contributed by atoms with E-state index in [2.05, 4.69) is 54.7 Å². The zero-order valence-electron chi connectivity index (χ0n) is 16.4. The monoisotopic (exact) mass is 366 g/mol. The number of rotatable bonds is 4. The molecule has 2 amide bonds. The van der Waals surface area contributed by atoms with E-state index in [1.165, 1.54) is 16.7 Å². The van der Waals surface area contributed by atoms with Gasteiger partial charge in [0.05, 0.1) is 6.20 Å². The van der Waals surface area contributed by atoms with Gasteiger partial charge in [-0.25, -0.2) is 4.79 Å². The number of piperidine rings is 1. The van der Waals surface area contributed by atoms with Crippen LogP contribution in [0, 0.1) is 5.41 Å². The molecule has 1 aliphatic carbocycles. The molecule has 0 bridgehead atoms. The zero-order chi connectivity index (χ0) is 18.9. The Kier molecular flexibility index (Phi) is 4.94. The molecule has 0 spiro atoms. The molecule has 0 atom stereocenters. The molecule has 1 N–H and O–H groups in total. The van der Waals surface area contributed by atoms with E-state index in [0.717, 1.165) is 51.9 Å². The van der Waals surface area contributed by atoms with Crippen molar-refractivity contribution < 1.29 is 4.79 Å². The lowest BCUT2D eigenvalue weighted by atomic mass is 9.87. The number of aromatic nitrogens is 2. The predicted molar refractivity (Wildman–Crippen MR) is 107 cm³/mol. The molecule has 27 heavy (non-hydrogen) atoms. The number of benzene rings is 1. The Hall–Kier alpha value is -2.30. The maximum Gasteiger partial charge on any atom is 0.317 e. The van der Waals surface area contributed by atoms with Gasteiger partial charge in [0.1, 0.15) is 0 Å². The molecule has 5 heteroatoms. The number of carbonyl (C=O) groups is 1. The second kappa shape index (κ2) is 7.37. The fraction of sp³-hybridized carbons (Fsp3) is 0.545. The van der Waals surface area contributed by atoms with Crippen LogP contribution in [-0.4, -0.2) is 40.3 Å². The van der Waals surface area contributed by atoms with Crippen LogP contribution in [0.25, 0.3) is 0 Å². The normalized spacial score (nSPS) is 19.1. The maximum atomic E-state index is 12.7. The summed E-state index contributed by atoms with van der Waals surface area (Å²) in [5.41, 5.74) is 4.31. The third kappa shape index (κ3) is 3.87. The molecule has 2 aliphatic rings. The molecule has 4 rings (SSSR count). The minimum Gasteiger partial charge on any atom is -0.337 e. The molecule has 0 radical (unpaired) electrons. The van der Waals surface area contributed by atoms with Crippen LogP contribution in [0.15, 0.2) is 36.7 Å². The molecular weight excluding hydrogens is 336 g/mol. The van der Waals surface area contributed by atoms with E-state index < -0.39 is 0 Å². The minimum absolute atomic E-state index is 0.0925. The number of hydrogen-bond donors (Lipinski definition) is 1. The molecule has 144 valence electrons. The van der Waals surface area contributed by atoms with Gasteiger partial charge in [-0.05, 0) is 60.6 Å². The minimum atomic E-state index is 0.0925. The van der Waals surface area contributed by atoms with Crippen molar-refractivity contribution in [3.05, 3.63) is 53.3 Å². The van der Waals surface area contributed by atoms with Crippen LogP contribution in [0.5, 0.6) is 0 Å². The first-order valence-electron chi connectivity index (χ1n) is 10.2. The summed E-state index contributed by atoms with van der Waals surface area (Å²) in [6.45, 7) is 7.68. The summed E-state index contributed by atoms with van der Waals surface area (Å²) in [5.74, 6) is 0.524. The Balaban J connectivity index is 1.26. The van der Waals surface area contributed by atoms with Crippen molar-refractivity contribution in [2.75, 3.05) is 19.6 Å². The highest BCUT2D eigenvalue weighted by Crippen LogP contribution is 2.36. The lowest BCUT2D eigenvalue weighted by Crippen LogP contribution is -2.47. The highest BCUT2D eigenvalue weighted by molar-refractivity contribution is 5.74. The van der Waals surface area contributed by atoms with E-state index in [4.69, 9.17) is 0 Å². The van der Waals surface area contributed by atoms with Gasteiger partial charge in [0, 0.05) is 32.4 Å². The van der Waals surface area contributed by atoms with E-state index in [1.807, 2.05) is 15.8 Å². The third-order valence-electron chi connectivity index (χ3n) is 6.25. The number of nitrogens with one attached hydrogen (secondary N) is 1. The van der Waals surface area contributed by atoms with Crippen molar-refractivity contribution in [2.45, 2.75) is 52.0 Å².